The number of carbonyl (C=O) groups excluding carboxylic acids is 3. The lowest BCUT2D eigenvalue weighted by atomic mass is 10.1. The summed E-state index contributed by atoms with van der Waals surface area (Å²) in [5, 5.41) is 9.01. The molecule has 40 heavy (non-hydrogen) atoms. The van der Waals surface area contributed by atoms with Gasteiger partial charge in [-0.25, -0.2) is 0 Å². The van der Waals surface area contributed by atoms with Crippen LogP contribution in [0.3, 0.4) is 0 Å². The lowest BCUT2D eigenvalue weighted by Crippen LogP contribution is -2.34. The van der Waals surface area contributed by atoms with Crippen LogP contribution in [0.1, 0.15) is 35.5 Å². The Labute approximate surface area is 242 Å². The molecule has 0 bridgehead atoms. The minimum Gasteiger partial charge on any atom is -0.465 e. The van der Waals surface area contributed by atoms with Crippen molar-refractivity contribution in [2.45, 2.75) is 30.4 Å². The largest absolute Gasteiger partial charge is 0.465 e. The molecule has 3 aromatic carbocycles. The van der Waals surface area contributed by atoms with Gasteiger partial charge in [0.2, 0.25) is 5.91 Å². The fourth-order valence-electron chi connectivity index (χ4n) is 3.62. The highest BCUT2D eigenvalue weighted by Gasteiger charge is 2.29. The quantitative estimate of drug-likeness (QED) is 0.146. The molecule has 7 nitrogen and oxygen atoms in total. The molecular formula is C31H28ClN3O4S. The van der Waals surface area contributed by atoms with Gasteiger partial charge in [0, 0.05) is 32.9 Å². The van der Waals surface area contributed by atoms with Gasteiger partial charge in [0.1, 0.15) is 11.5 Å². The smallest absolute Gasteiger partial charge is 0.272 e. The van der Waals surface area contributed by atoms with Gasteiger partial charge in [-0.05, 0) is 87.0 Å². The number of anilines is 2. The third-order valence-electron chi connectivity index (χ3n) is 5.91. The van der Waals surface area contributed by atoms with Crippen LogP contribution < -0.4 is 16.0 Å². The molecule has 9 heteroatoms. The molecule has 3 amide bonds. The van der Waals surface area contributed by atoms with Crippen molar-refractivity contribution >= 4 is 58.5 Å². The molecule has 1 heterocycles. The Morgan fingerprint density at radius 3 is 2.27 bits per heavy atom. The predicted molar refractivity (Wildman–Crippen MR) is 160 cm³/mol. The maximum Gasteiger partial charge on any atom is 0.272 e. The molecule has 0 aliphatic rings. The second-order valence-electron chi connectivity index (χ2n) is 9.35. The summed E-state index contributed by atoms with van der Waals surface area (Å²) in [5.74, 6) is -0.688. The van der Waals surface area contributed by atoms with E-state index in [0.717, 1.165) is 10.5 Å². The molecule has 0 spiro atoms. The average Bonchev–Trinajstić information content (AvgIpc) is 3.45. The Hall–Kier alpha value is -4.27. The maximum atomic E-state index is 13.1. The van der Waals surface area contributed by atoms with E-state index in [2.05, 4.69) is 16.0 Å². The van der Waals surface area contributed by atoms with Crippen LogP contribution in [-0.2, 0) is 9.59 Å². The summed E-state index contributed by atoms with van der Waals surface area (Å²) in [4.78, 5) is 39.7. The number of rotatable bonds is 9. The van der Waals surface area contributed by atoms with Crippen molar-refractivity contribution in [2.75, 3.05) is 10.6 Å². The molecule has 0 unspecified atom stereocenters. The highest BCUT2D eigenvalue weighted by molar-refractivity contribution is 8.01. The summed E-state index contributed by atoms with van der Waals surface area (Å²) in [6, 6.07) is 24.5. The van der Waals surface area contributed by atoms with Crippen molar-refractivity contribution in [2.24, 2.45) is 0 Å². The number of carbonyl (C=O) groups is 3. The Kier molecular flexibility index (Phi) is 9.14. The van der Waals surface area contributed by atoms with E-state index in [9.17, 15) is 14.4 Å². The fourth-order valence-corrected chi connectivity index (χ4v) is 4.80. The Bertz CT molecular complexity index is 1530. The van der Waals surface area contributed by atoms with Crippen LogP contribution in [0.15, 0.2) is 106 Å². The summed E-state index contributed by atoms with van der Waals surface area (Å²) in [7, 11) is 0. The van der Waals surface area contributed by atoms with E-state index in [-0.39, 0.29) is 11.6 Å². The molecule has 0 aliphatic carbocycles. The van der Waals surface area contributed by atoms with E-state index in [1.807, 2.05) is 39.0 Å². The molecule has 204 valence electrons. The van der Waals surface area contributed by atoms with E-state index >= 15 is 0 Å². The highest BCUT2D eigenvalue weighted by atomic mass is 35.5. The van der Waals surface area contributed by atoms with Gasteiger partial charge >= 0.3 is 0 Å². The zero-order chi connectivity index (χ0) is 28.7. The van der Waals surface area contributed by atoms with Crippen LogP contribution in [0, 0.1) is 6.92 Å². The number of thioether (sulfide) groups is 1. The molecule has 0 aliphatic heterocycles. The standard InChI is InChI=1S/C31H28ClN3O4S/c1-20-25(32)12-7-13-26(20)35-30(38)31(2,3)40-24-16-14-22(15-17-24)33-29(37)27(19-23-11-8-18-39-23)34-28(36)21-9-5-4-6-10-21/h4-19H,1-3H3,(H,33,37)(H,34,36)(H,35,38)/b27-19-. The fraction of sp³-hybridized carbons (Fsp3) is 0.129. The number of amides is 3. The van der Waals surface area contributed by atoms with Gasteiger partial charge in [0.05, 0.1) is 11.0 Å². The number of benzene rings is 3. The zero-order valence-electron chi connectivity index (χ0n) is 22.2. The molecule has 4 rings (SSSR count). The summed E-state index contributed by atoms with van der Waals surface area (Å²) in [6.07, 6.45) is 2.94. The normalized spacial score (nSPS) is 11.6. The molecule has 0 saturated heterocycles. The molecule has 0 fully saturated rings. The first-order valence-electron chi connectivity index (χ1n) is 12.4. The molecule has 0 atom stereocenters. The van der Waals surface area contributed by atoms with Gasteiger partial charge in [-0.3, -0.25) is 14.4 Å². The zero-order valence-corrected chi connectivity index (χ0v) is 23.7. The van der Waals surface area contributed by atoms with E-state index < -0.39 is 16.6 Å². The molecule has 4 aromatic rings. The third-order valence-corrected chi connectivity index (χ3v) is 7.52. The van der Waals surface area contributed by atoms with Gasteiger partial charge in [-0.1, -0.05) is 35.9 Å². The van der Waals surface area contributed by atoms with E-state index in [0.29, 0.717) is 27.7 Å². The van der Waals surface area contributed by atoms with Gasteiger partial charge in [0.15, 0.2) is 0 Å². The Balaban J connectivity index is 1.43. The Morgan fingerprint density at radius 1 is 0.875 bits per heavy atom. The van der Waals surface area contributed by atoms with Gasteiger partial charge in [-0.2, -0.15) is 0 Å². The third kappa shape index (κ3) is 7.43. The number of nitrogens with one attached hydrogen (secondary N) is 3. The number of hydrogen-bond acceptors (Lipinski definition) is 5. The van der Waals surface area contributed by atoms with Crippen LogP contribution in [-0.4, -0.2) is 22.5 Å². The van der Waals surface area contributed by atoms with E-state index in [1.54, 1.807) is 66.7 Å². The van der Waals surface area contributed by atoms with Crippen molar-refractivity contribution in [1.82, 2.24) is 5.32 Å². The van der Waals surface area contributed by atoms with Crippen molar-refractivity contribution in [3.05, 3.63) is 119 Å². The van der Waals surface area contributed by atoms with Crippen LogP contribution in [0.2, 0.25) is 5.02 Å². The van der Waals surface area contributed by atoms with E-state index in [4.69, 9.17) is 16.0 Å². The van der Waals surface area contributed by atoms with E-state index in [1.165, 1.54) is 24.1 Å². The van der Waals surface area contributed by atoms with Crippen molar-refractivity contribution in [3.8, 4) is 0 Å². The summed E-state index contributed by atoms with van der Waals surface area (Å²) in [5.41, 5.74) is 2.43. The first-order chi connectivity index (χ1) is 19.1. The summed E-state index contributed by atoms with van der Waals surface area (Å²) < 4.78 is 4.54. The highest BCUT2D eigenvalue weighted by Crippen LogP contribution is 2.35. The molecule has 0 radical (unpaired) electrons. The van der Waals surface area contributed by atoms with Crippen molar-refractivity contribution in [3.63, 3.8) is 0 Å². The van der Waals surface area contributed by atoms with Crippen LogP contribution in [0.4, 0.5) is 11.4 Å². The lowest BCUT2D eigenvalue weighted by Gasteiger charge is -2.24. The molecule has 1 aromatic heterocycles. The second kappa shape index (κ2) is 12.7. The number of furan rings is 1. The molecule has 0 saturated carbocycles. The number of halogens is 1. The molecule has 3 N–H and O–H groups in total. The first kappa shape index (κ1) is 28.7. The van der Waals surface area contributed by atoms with Crippen molar-refractivity contribution < 1.29 is 18.8 Å². The predicted octanol–water partition coefficient (Wildman–Crippen LogP) is 7.16. The topological polar surface area (TPSA) is 100 Å². The lowest BCUT2D eigenvalue weighted by molar-refractivity contribution is -0.117. The maximum absolute atomic E-state index is 13.1. The average molecular weight is 574 g/mol. The SMILES string of the molecule is Cc1c(Cl)cccc1NC(=O)C(C)(C)Sc1ccc(NC(=O)/C(=C/c2ccco2)NC(=O)c2ccccc2)cc1. The summed E-state index contributed by atoms with van der Waals surface area (Å²) in [6.45, 7) is 5.53. The van der Waals surface area contributed by atoms with Crippen molar-refractivity contribution in [1.29, 1.82) is 0 Å². The first-order valence-corrected chi connectivity index (χ1v) is 13.6. The minimum absolute atomic E-state index is 0.0244. The van der Waals surface area contributed by atoms with Gasteiger partial charge < -0.3 is 20.4 Å². The molecular weight excluding hydrogens is 546 g/mol. The van der Waals surface area contributed by atoms with Gasteiger partial charge in [0.25, 0.3) is 11.8 Å². The Morgan fingerprint density at radius 2 is 1.60 bits per heavy atom. The number of hydrogen-bond donors (Lipinski definition) is 3. The van der Waals surface area contributed by atoms with Crippen LogP contribution in [0.25, 0.3) is 6.08 Å². The minimum atomic E-state index is -0.791. The van der Waals surface area contributed by atoms with Gasteiger partial charge in [-0.15, -0.1) is 11.8 Å². The monoisotopic (exact) mass is 573 g/mol. The van der Waals surface area contributed by atoms with Crippen LogP contribution >= 0.6 is 23.4 Å². The van der Waals surface area contributed by atoms with Crippen LogP contribution in [0.5, 0.6) is 0 Å². The summed E-state index contributed by atoms with van der Waals surface area (Å²) >= 11 is 7.57. The second-order valence-corrected chi connectivity index (χ2v) is 11.5.